The maximum Gasteiger partial charge on any atom is 0.0469 e. The summed E-state index contributed by atoms with van der Waals surface area (Å²) >= 11 is 0. The Bertz CT molecular complexity index is 118. The summed E-state index contributed by atoms with van der Waals surface area (Å²) in [5.41, 5.74) is 5.70. The fourth-order valence-electron chi connectivity index (χ4n) is 1.47. The molecule has 0 aliphatic heterocycles. The summed E-state index contributed by atoms with van der Waals surface area (Å²) in [7, 11) is 4.22. The summed E-state index contributed by atoms with van der Waals surface area (Å²) in [6.07, 6.45) is 3.57. The summed E-state index contributed by atoms with van der Waals surface area (Å²) in [6, 6.07) is 0. The van der Waals surface area contributed by atoms with Crippen LogP contribution in [0.5, 0.6) is 0 Å². The smallest absolute Gasteiger partial charge is 0.0469 e. The van der Waals surface area contributed by atoms with Crippen LogP contribution in [0.2, 0.25) is 0 Å². The van der Waals surface area contributed by atoms with E-state index < -0.39 is 0 Å². The normalized spacial score (nSPS) is 13.5. The van der Waals surface area contributed by atoms with Crippen molar-refractivity contribution >= 4 is 0 Å². The van der Waals surface area contributed by atoms with Gasteiger partial charge in [-0.1, -0.05) is 0 Å². The van der Waals surface area contributed by atoms with Crippen molar-refractivity contribution in [1.29, 1.82) is 0 Å². The SMILES string of the molecule is CCOCCC(CN)CCCN(C)C. The lowest BCUT2D eigenvalue weighted by Crippen LogP contribution is -2.19. The average Bonchev–Trinajstić information content (AvgIpc) is 2.15. The van der Waals surface area contributed by atoms with Gasteiger partial charge >= 0.3 is 0 Å². The molecular formula is C11H26N2O. The van der Waals surface area contributed by atoms with Gasteiger partial charge in [0.2, 0.25) is 0 Å². The fourth-order valence-corrected chi connectivity index (χ4v) is 1.47. The highest BCUT2D eigenvalue weighted by Crippen LogP contribution is 2.09. The molecule has 0 aromatic rings. The van der Waals surface area contributed by atoms with E-state index in [0.717, 1.165) is 32.7 Å². The number of nitrogens with two attached hydrogens (primary N) is 1. The Kier molecular flexibility index (Phi) is 9.35. The first-order valence-corrected chi connectivity index (χ1v) is 5.63. The van der Waals surface area contributed by atoms with Crippen molar-refractivity contribution < 1.29 is 4.74 Å². The molecule has 0 heterocycles. The van der Waals surface area contributed by atoms with E-state index in [-0.39, 0.29) is 0 Å². The topological polar surface area (TPSA) is 38.5 Å². The van der Waals surface area contributed by atoms with Gasteiger partial charge in [0.1, 0.15) is 0 Å². The molecule has 14 heavy (non-hydrogen) atoms. The minimum atomic E-state index is 0.640. The van der Waals surface area contributed by atoms with Crippen LogP contribution >= 0.6 is 0 Å². The third-order valence-electron chi connectivity index (χ3n) is 2.43. The molecule has 0 aliphatic rings. The molecule has 0 saturated heterocycles. The molecule has 86 valence electrons. The van der Waals surface area contributed by atoms with E-state index >= 15 is 0 Å². The van der Waals surface area contributed by atoms with Crippen molar-refractivity contribution in [2.75, 3.05) is 40.4 Å². The first-order chi connectivity index (χ1) is 6.70. The zero-order valence-corrected chi connectivity index (χ0v) is 9.96. The Morgan fingerprint density at radius 3 is 2.50 bits per heavy atom. The quantitative estimate of drug-likeness (QED) is 0.573. The molecule has 0 saturated carbocycles. The summed E-state index contributed by atoms with van der Waals surface area (Å²) in [6.45, 7) is 5.66. The van der Waals surface area contributed by atoms with Gasteiger partial charge in [0.15, 0.2) is 0 Å². The van der Waals surface area contributed by atoms with Crippen LogP contribution in [0, 0.1) is 5.92 Å². The molecule has 0 spiro atoms. The van der Waals surface area contributed by atoms with E-state index in [1.165, 1.54) is 12.8 Å². The summed E-state index contributed by atoms with van der Waals surface area (Å²) in [4.78, 5) is 2.22. The highest BCUT2D eigenvalue weighted by Gasteiger charge is 2.06. The van der Waals surface area contributed by atoms with E-state index in [1.54, 1.807) is 0 Å². The Morgan fingerprint density at radius 1 is 1.29 bits per heavy atom. The molecule has 0 aliphatic carbocycles. The van der Waals surface area contributed by atoms with Crippen molar-refractivity contribution in [1.82, 2.24) is 4.90 Å². The first kappa shape index (κ1) is 13.9. The third kappa shape index (κ3) is 8.48. The highest BCUT2D eigenvalue weighted by molar-refractivity contribution is 4.60. The molecule has 0 fully saturated rings. The zero-order valence-electron chi connectivity index (χ0n) is 9.96. The predicted molar refractivity (Wildman–Crippen MR) is 61.4 cm³/mol. The molecule has 0 aromatic heterocycles. The van der Waals surface area contributed by atoms with Crippen LogP contribution in [0.1, 0.15) is 26.2 Å². The Labute approximate surface area is 88.6 Å². The molecule has 3 nitrogen and oxygen atoms in total. The minimum absolute atomic E-state index is 0.640. The lowest BCUT2D eigenvalue weighted by atomic mass is 10.00. The van der Waals surface area contributed by atoms with Gasteiger partial charge in [-0.3, -0.25) is 0 Å². The minimum Gasteiger partial charge on any atom is -0.382 e. The Morgan fingerprint density at radius 2 is 2.00 bits per heavy atom. The summed E-state index contributed by atoms with van der Waals surface area (Å²) in [5, 5.41) is 0. The number of nitrogens with zero attached hydrogens (tertiary/aromatic N) is 1. The molecule has 1 atom stereocenters. The van der Waals surface area contributed by atoms with E-state index in [4.69, 9.17) is 10.5 Å². The number of hydrogen-bond acceptors (Lipinski definition) is 3. The van der Waals surface area contributed by atoms with Gasteiger partial charge in [-0.15, -0.1) is 0 Å². The second-order valence-electron chi connectivity index (χ2n) is 4.03. The lowest BCUT2D eigenvalue weighted by molar-refractivity contribution is 0.130. The maximum atomic E-state index is 5.70. The van der Waals surface area contributed by atoms with Crippen molar-refractivity contribution in [3.8, 4) is 0 Å². The summed E-state index contributed by atoms with van der Waals surface area (Å²) < 4.78 is 5.33. The van der Waals surface area contributed by atoms with Crippen LogP contribution in [-0.4, -0.2) is 45.3 Å². The molecule has 1 unspecified atom stereocenters. The average molecular weight is 202 g/mol. The van der Waals surface area contributed by atoms with Crippen LogP contribution in [0.4, 0.5) is 0 Å². The molecule has 0 bridgehead atoms. The molecule has 0 amide bonds. The van der Waals surface area contributed by atoms with Gasteiger partial charge in [-0.05, 0) is 59.3 Å². The molecule has 0 rings (SSSR count). The lowest BCUT2D eigenvalue weighted by Gasteiger charge is -2.16. The van der Waals surface area contributed by atoms with Crippen LogP contribution in [0.3, 0.4) is 0 Å². The van der Waals surface area contributed by atoms with E-state index in [9.17, 15) is 0 Å². The van der Waals surface area contributed by atoms with E-state index in [1.807, 2.05) is 6.92 Å². The number of ether oxygens (including phenoxy) is 1. The second kappa shape index (κ2) is 9.44. The van der Waals surface area contributed by atoms with E-state index in [2.05, 4.69) is 19.0 Å². The largest absolute Gasteiger partial charge is 0.382 e. The van der Waals surface area contributed by atoms with Crippen LogP contribution in [0.25, 0.3) is 0 Å². The zero-order chi connectivity index (χ0) is 10.8. The standard InChI is InChI=1S/C11H26N2O/c1-4-14-9-7-11(10-12)6-5-8-13(2)3/h11H,4-10,12H2,1-3H3. The van der Waals surface area contributed by atoms with Crippen molar-refractivity contribution in [3.05, 3.63) is 0 Å². The van der Waals surface area contributed by atoms with Gasteiger partial charge in [0.05, 0.1) is 0 Å². The van der Waals surface area contributed by atoms with Crippen molar-refractivity contribution in [3.63, 3.8) is 0 Å². The highest BCUT2D eigenvalue weighted by atomic mass is 16.5. The summed E-state index contributed by atoms with van der Waals surface area (Å²) in [5.74, 6) is 0.640. The Balaban J connectivity index is 3.38. The van der Waals surface area contributed by atoms with Gasteiger partial charge < -0.3 is 15.4 Å². The van der Waals surface area contributed by atoms with Gasteiger partial charge in [-0.2, -0.15) is 0 Å². The fraction of sp³-hybridized carbons (Fsp3) is 1.00. The van der Waals surface area contributed by atoms with Crippen molar-refractivity contribution in [2.45, 2.75) is 26.2 Å². The van der Waals surface area contributed by atoms with Gasteiger partial charge in [-0.25, -0.2) is 0 Å². The van der Waals surface area contributed by atoms with Crippen molar-refractivity contribution in [2.24, 2.45) is 11.7 Å². The molecule has 0 radical (unpaired) electrons. The van der Waals surface area contributed by atoms with Crippen LogP contribution in [-0.2, 0) is 4.74 Å². The predicted octanol–water partition coefficient (Wildman–Crippen LogP) is 1.33. The molecule has 2 N–H and O–H groups in total. The third-order valence-corrected chi connectivity index (χ3v) is 2.43. The van der Waals surface area contributed by atoms with Gasteiger partial charge in [0.25, 0.3) is 0 Å². The van der Waals surface area contributed by atoms with E-state index in [0.29, 0.717) is 5.92 Å². The molecule has 3 heteroatoms. The molecular weight excluding hydrogens is 176 g/mol. The monoisotopic (exact) mass is 202 g/mol. The first-order valence-electron chi connectivity index (χ1n) is 5.63. The maximum absolute atomic E-state index is 5.70. The second-order valence-corrected chi connectivity index (χ2v) is 4.03. The van der Waals surface area contributed by atoms with Crippen LogP contribution < -0.4 is 5.73 Å². The number of hydrogen-bond donors (Lipinski definition) is 1. The van der Waals surface area contributed by atoms with Gasteiger partial charge in [0, 0.05) is 13.2 Å². The molecule has 0 aromatic carbocycles. The van der Waals surface area contributed by atoms with Crippen LogP contribution in [0.15, 0.2) is 0 Å². The number of rotatable bonds is 9. The Hall–Kier alpha value is -0.120.